The number of sulfonamides is 1. The van der Waals surface area contributed by atoms with Crippen LogP contribution in [0.1, 0.15) is 16.9 Å². The average molecular weight is 462 g/mol. The number of hydrogen-bond acceptors (Lipinski definition) is 5. The minimum absolute atomic E-state index is 0.211. The first-order valence-corrected chi connectivity index (χ1v) is 12.5. The van der Waals surface area contributed by atoms with Crippen molar-refractivity contribution in [1.29, 1.82) is 0 Å². The van der Waals surface area contributed by atoms with E-state index in [-0.39, 0.29) is 11.9 Å². The van der Waals surface area contributed by atoms with Gasteiger partial charge in [0.1, 0.15) is 11.3 Å². The highest BCUT2D eigenvalue weighted by molar-refractivity contribution is 7.88. The van der Waals surface area contributed by atoms with Crippen molar-refractivity contribution in [1.82, 2.24) is 24.6 Å². The third-order valence-corrected chi connectivity index (χ3v) is 6.44. The molecule has 0 radical (unpaired) electrons. The summed E-state index contributed by atoms with van der Waals surface area (Å²) < 4.78 is 25.5. The summed E-state index contributed by atoms with van der Waals surface area (Å²) in [6, 6.07) is 19.2. The van der Waals surface area contributed by atoms with Gasteiger partial charge in [0.25, 0.3) is 5.91 Å². The van der Waals surface area contributed by atoms with Crippen LogP contribution in [0.25, 0.3) is 33.5 Å². The molecule has 1 aromatic carbocycles. The summed E-state index contributed by atoms with van der Waals surface area (Å²) in [5.74, 6) is -0.211. The maximum absolute atomic E-state index is 13.0. The van der Waals surface area contributed by atoms with E-state index in [1.165, 1.54) is 0 Å². The second kappa shape index (κ2) is 8.42. The predicted molar refractivity (Wildman–Crippen MR) is 127 cm³/mol. The highest BCUT2D eigenvalue weighted by Crippen LogP contribution is 2.26. The number of likely N-dealkylation sites (tertiary alicyclic amines) is 1. The van der Waals surface area contributed by atoms with Gasteiger partial charge in [0, 0.05) is 42.0 Å². The minimum Gasteiger partial charge on any atom is -0.339 e. The van der Waals surface area contributed by atoms with E-state index in [1.807, 2.05) is 42.5 Å². The fourth-order valence-electron chi connectivity index (χ4n) is 4.15. The maximum Gasteiger partial charge on any atom is 0.272 e. The van der Waals surface area contributed by atoms with Crippen LogP contribution in [0.5, 0.6) is 0 Å². The molecule has 0 saturated carbocycles. The van der Waals surface area contributed by atoms with E-state index in [2.05, 4.69) is 25.7 Å². The van der Waals surface area contributed by atoms with Gasteiger partial charge in [-0.05, 0) is 36.2 Å². The fraction of sp³-hybridized carbons (Fsp3) is 0.208. The Labute approximate surface area is 191 Å². The number of carbonyl (C=O) groups excluding carboxylic acids is 1. The van der Waals surface area contributed by atoms with Gasteiger partial charge in [-0.2, -0.15) is 0 Å². The Morgan fingerprint density at radius 1 is 1.09 bits per heavy atom. The van der Waals surface area contributed by atoms with E-state index in [0.717, 1.165) is 34.1 Å². The molecule has 4 heterocycles. The molecule has 0 spiro atoms. The van der Waals surface area contributed by atoms with E-state index >= 15 is 0 Å². The molecule has 1 fully saturated rings. The van der Waals surface area contributed by atoms with Crippen LogP contribution in [0.15, 0.2) is 66.9 Å². The number of fused-ring (bicyclic) bond motifs is 1. The van der Waals surface area contributed by atoms with Gasteiger partial charge < -0.3 is 9.88 Å². The van der Waals surface area contributed by atoms with Crippen LogP contribution in [0.4, 0.5) is 0 Å². The molecule has 2 N–H and O–H groups in total. The Kier molecular flexibility index (Phi) is 5.43. The maximum atomic E-state index is 13.0. The standard InChI is InChI=1S/C24H23N5O3S/c1-33(31,32)28-19-10-11-29(15-19)24(30)21-9-5-8-20(26-21)18-12-17-13-22(27-23(17)25-14-18)16-6-3-2-4-7-16/h2-9,12-14,19,28H,10-11,15H2,1H3,(H,25,27). The van der Waals surface area contributed by atoms with E-state index in [1.54, 1.807) is 23.2 Å². The zero-order valence-corrected chi connectivity index (χ0v) is 18.8. The first kappa shape index (κ1) is 21.3. The lowest BCUT2D eigenvalue weighted by Gasteiger charge is -2.16. The van der Waals surface area contributed by atoms with Gasteiger partial charge in [-0.1, -0.05) is 36.4 Å². The highest BCUT2D eigenvalue weighted by Gasteiger charge is 2.29. The van der Waals surface area contributed by atoms with E-state index < -0.39 is 10.0 Å². The number of nitrogens with one attached hydrogen (secondary N) is 2. The lowest BCUT2D eigenvalue weighted by atomic mass is 10.1. The number of pyridine rings is 2. The number of rotatable bonds is 5. The monoisotopic (exact) mass is 461 g/mol. The molecule has 0 aliphatic carbocycles. The van der Waals surface area contributed by atoms with Gasteiger partial charge in [0.05, 0.1) is 11.9 Å². The number of aromatic nitrogens is 3. The van der Waals surface area contributed by atoms with Crippen molar-refractivity contribution in [2.45, 2.75) is 12.5 Å². The summed E-state index contributed by atoms with van der Waals surface area (Å²) in [7, 11) is -3.31. The lowest BCUT2D eigenvalue weighted by Crippen LogP contribution is -2.38. The molecule has 1 atom stereocenters. The van der Waals surface area contributed by atoms with Crippen molar-refractivity contribution < 1.29 is 13.2 Å². The average Bonchev–Trinajstić information content (AvgIpc) is 3.44. The summed E-state index contributed by atoms with van der Waals surface area (Å²) in [6.45, 7) is 0.813. The molecular weight excluding hydrogens is 438 g/mol. The predicted octanol–water partition coefficient (Wildman–Crippen LogP) is 3.06. The molecular formula is C24H23N5O3S. The molecule has 33 heavy (non-hydrogen) atoms. The van der Waals surface area contributed by atoms with Crippen molar-refractivity contribution in [3.8, 4) is 22.5 Å². The Hall–Kier alpha value is -3.56. The van der Waals surface area contributed by atoms with Crippen molar-refractivity contribution >= 4 is 27.0 Å². The van der Waals surface area contributed by atoms with Gasteiger partial charge in [0.2, 0.25) is 10.0 Å². The van der Waals surface area contributed by atoms with Crippen molar-refractivity contribution in [3.05, 3.63) is 72.6 Å². The van der Waals surface area contributed by atoms with Crippen molar-refractivity contribution in [2.24, 2.45) is 0 Å². The third-order valence-electron chi connectivity index (χ3n) is 5.68. The van der Waals surface area contributed by atoms with Gasteiger partial charge in [0.15, 0.2) is 0 Å². The second-order valence-electron chi connectivity index (χ2n) is 8.25. The van der Waals surface area contributed by atoms with Crippen LogP contribution < -0.4 is 4.72 Å². The van der Waals surface area contributed by atoms with Gasteiger partial charge in [-0.3, -0.25) is 4.79 Å². The van der Waals surface area contributed by atoms with Crippen LogP contribution in [-0.4, -0.2) is 59.6 Å². The largest absolute Gasteiger partial charge is 0.339 e. The molecule has 8 nitrogen and oxygen atoms in total. The molecule has 9 heteroatoms. The van der Waals surface area contributed by atoms with E-state index in [9.17, 15) is 13.2 Å². The summed E-state index contributed by atoms with van der Waals surface area (Å²) in [4.78, 5) is 27.1. The van der Waals surface area contributed by atoms with Crippen LogP contribution in [0.2, 0.25) is 0 Å². The number of carbonyl (C=O) groups is 1. The van der Waals surface area contributed by atoms with Crippen LogP contribution in [-0.2, 0) is 10.0 Å². The molecule has 1 aliphatic rings. The summed E-state index contributed by atoms with van der Waals surface area (Å²) >= 11 is 0. The van der Waals surface area contributed by atoms with E-state index in [4.69, 9.17) is 0 Å². The number of H-pyrrole nitrogens is 1. The smallest absolute Gasteiger partial charge is 0.272 e. The Morgan fingerprint density at radius 3 is 2.70 bits per heavy atom. The molecule has 3 aromatic heterocycles. The Morgan fingerprint density at radius 2 is 1.91 bits per heavy atom. The molecule has 5 rings (SSSR count). The quantitative estimate of drug-likeness (QED) is 0.475. The Balaban J connectivity index is 1.38. The van der Waals surface area contributed by atoms with Gasteiger partial charge >= 0.3 is 0 Å². The van der Waals surface area contributed by atoms with Crippen LogP contribution in [0.3, 0.4) is 0 Å². The Bertz CT molecular complexity index is 1430. The summed E-state index contributed by atoms with van der Waals surface area (Å²) in [6.07, 6.45) is 3.45. The highest BCUT2D eigenvalue weighted by atomic mass is 32.2. The molecule has 168 valence electrons. The number of aromatic amines is 1. The van der Waals surface area contributed by atoms with Crippen LogP contribution >= 0.6 is 0 Å². The van der Waals surface area contributed by atoms with Crippen LogP contribution in [0, 0.1) is 0 Å². The second-order valence-corrected chi connectivity index (χ2v) is 10.0. The third kappa shape index (κ3) is 4.64. The first-order chi connectivity index (χ1) is 15.9. The number of hydrogen-bond donors (Lipinski definition) is 2. The molecule has 1 unspecified atom stereocenters. The molecule has 1 aliphatic heterocycles. The first-order valence-electron chi connectivity index (χ1n) is 10.6. The molecule has 0 bridgehead atoms. The number of nitrogens with zero attached hydrogens (tertiary/aromatic N) is 3. The van der Waals surface area contributed by atoms with Gasteiger partial charge in [-0.15, -0.1) is 0 Å². The zero-order chi connectivity index (χ0) is 23.0. The van der Waals surface area contributed by atoms with Crippen molar-refractivity contribution in [3.63, 3.8) is 0 Å². The zero-order valence-electron chi connectivity index (χ0n) is 18.0. The fourth-order valence-corrected chi connectivity index (χ4v) is 4.95. The lowest BCUT2D eigenvalue weighted by molar-refractivity contribution is 0.0784. The van der Waals surface area contributed by atoms with E-state index in [0.29, 0.717) is 30.9 Å². The summed E-state index contributed by atoms with van der Waals surface area (Å²) in [5.41, 5.74) is 4.64. The topological polar surface area (TPSA) is 108 Å². The number of benzene rings is 1. The SMILES string of the molecule is CS(=O)(=O)NC1CCN(C(=O)c2cccc(-c3cnc4[nH]c(-c5ccccc5)cc4c3)n2)C1. The van der Waals surface area contributed by atoms with Crippen molar-refractivity contribution in [2.75, 3.05) is 19.3 Å². The normalized spacial score (nSPS) is 16.4. The molecule has 4 aromatic rings. The molecule has 1 amide bonds. The minimum atomic E-state index is -3.31. The van der Waals surface area contributed by atoms with Gasteiger partial charge in [-0.25, -0.2) is 23.1 Å². The number of amides is 1. The summed E-state index contributed by atoms with van der Waals surface area (Å²) in [5, 5.41) is 0.958. The molecule has 1 saturated heterocycles.